The van der Waals surface area contributed by atoms with Crippen LogP contribution in [0.1, 0.15) is 25.1 Å². The predicted molar refractivity (Wildman–Crippen MR) is 75.5 cm³/mol. The molecule has 0 spiro atoms. The minimum absolute atomic E-state index is 0.130. The number of hydrogen-bond acceptors (Lipinski definition) is 2. The monoisotopic (exact) mass is 265 g/mol. The van der Waals surface area contributed by atoms with Gasteiger partial charge in [0, 0.05) is 23.4 Å². The van der Waals surface area contributed by atoms with Crippen molar-refractivity contribution in [1.29, 1.82) is 0 Å². The lowest BCUT2D eigenvalue weighted by Crippen LogP contribution is -2.11. The van der Waals surface area contributed by atoms with Gasteiger partial charge < -0.3 is 4.57 Å². The summed E-state index contributed by atoms with van der Waals surface area (Å²) in [6, 6.07) is 8.11. The number of rotatable bonds is 4. The molecular weight excluding hydrogens is 246 g/mol. The van der Waals surface area contributed by atoms with Gasteiger partial charge in [-0.15, -0.1) is 0 Å². The first-order valence-corrected chi connectivity index (χ1v) is 8.08. The van der Waals surface area contributed by atoms with Crippen molar-refractivity contribution in [2.45, 2.75) is 33.1 Å². The third kappa shape index (κ3) is 2.29. The second kappa shape index (κ2) is 4.76. The molecule has 0 aliphatic carbocycles. The van der Waals surface area contributed by atoms with Gasteiger partial charge in [0.15, 0.2) is 9.84 Å². The van der Waals surface area contributed by atoms with Gasteiger partial charge in [-0.05, 0) is 25.5 Å². The number of fused-ring (bicyclic) bond motifs is 1. The van der Waals surface area contributed by atoms with Crippen LogP contribution in [0.25, 0.3) is 10.9 Å². The van der Waals surface area contributed by atoms with Gasteiger partial charge in [-0.3, -0.25) is 0 Å². The van der Waals surface area contributed by atoms with Crippen LogP contribution in [0.5, 0.6) is 0 Å². The average Bonchev–Trinajstić information content (AvgIpc) is 2.67. The lowest BCUT2D eigenvalue weighted by atomic mass is 10.2. The van der Waals surface area contributed by atoms with Gasteiger partial charge in [-0.1, -0.05) is 25.1 Å². The Morgan fingerprint density at radius 3 is 2.56 bits per heavy atom. The van der Waals surface area contributed by atoms with Gasteiger partial charge >= 0.3 is 0 Å². The fraction of sp³-hybridized carbons (Fsp3) is 0.429. The molecule has 0 amide bonds. The summed E-state index contributed by atoms with van der Waals surface area (Å²) in [6.07, 6.45) is 0. The standard InChI is InChI=1S/C14H19NO2S/c1-4-15-13(10-18(16,17)5-2)9-12-8-6-7-11(3)14(12)15/h6-9H,4-5,10H2,1-3H3. The molecule has 0 aliphatic heterocycles. The molecule has 2 aromatic rings. The first-order chi connectivity index (χ1) is 8.48. The molecule has 2 rings (SSSR count). The second-order valence-electron chi connectivity index (χ2n) is 4.57. The summed E-state index contributed by atoms with van der Waals surface area (Å²) in [5.74, 6) is 0.322. The number of hydrogen-bond donors (Lipinski definition) is 0. The molecule has 0 atom stereocenters. The summed E-state index contributed by atoms with van der Waals surface area (Å²) in [7, 11) is -2.99. The van der Waals surface area contributed by atoms with E-state index in [0.717, 1.165) is 23.1 Å². The van der Waals surface area contributed by atoms with Gasteiger partial charge in [0.2, 0.25) is 0 Å². The van der Waals surface area contributed by atoms with Crippen LogP contribution in [-0.2, 0) is 22.1 Å². The minimum Gasteiger partial charge on any atom is -0.344 e. The van der Waals surface area contributed by atoms with Crippen molar-refractivity contribution in [3.63, 3.8) is 0 Å². The Morgan fingerprint density at radius 1 is 1.22 bits per heavy atom. The molecule has 0 radical (unpaired) electrons. The summed E-state index contributed by atoms with van der Waals surface area (Å²) >= 11 is 0. The van der Waals surface area contributed by atoms with Gasteiger partial charge in [0.05, 0.1) is 11.3 Å². The van der Waals surface area contributed by atoms with Crippen molar-refractivity contribution in [1.82, 2.24) is 4.57 Å². The number of aromatic nitrogens is 1. The summed E-state index contributed by atoms with van der Waals surface area (Å²) in [5.41, 5.74) is 3.24. The Balaban J connectivity index is 2.62. The number of sulfone groups is 1. The van der Waals surface area contributed by atoms with Crippen molar-refractivity contribution >= 4 is 20.7 Å². The fourth-order valence-electron chi connectivity index (χ4n) is 2.38. The highest BCUT2D eigenvalue weighted by atomic mass is 32.2. The van der Waals surface area contributed by atoms with Crippen molar-refractivity contribution in [2.24, 2.45) is 0 Å². The second-order valence-corrected chi connectivity index (χ2v) is 6.92. The third-order valence-corrected chi connectivity index (χ3v) is 4.95. The van der Waals surface area contributed by atoms with E-state index in [0.29, 0.717) is 0 Å². The largest absolute Gasteiger partial charge is 0.344 e. The van der Waals surface area contributed by atoms with Crippen LogP contribution in [0.4, 0.5) is 0 Å². The van der Waals surface area contributed by atoms with Gasteiger partial charge in [-0.2, -0.15) is 0 Å². The molecule has 0 unspecified atom stereocenters. The van der Waals surface area contributed by atoms with Crippen LogP contribution in [0.3, 0.4) is 0 Å². The maximum absolute atomic E-state index is 11.8. The van der Waals surface area contributed by atoms with E-state index in [4.69, 9.17) is 0 Å². The molecule has 0 N–H and O–H groups in total. The van der Waals surface area contributed by atoms with E-state index in [1.54, 1.807) is 6.92 Å². The summed E-state index contributed by atoms with van der Waals surface area (Å²) in [5, 5.41) is 1.12. The molecule has 98 valence electrons. The molecule has 0 fully saturated rings. The lowest BCUT2D eigenvalue weighted by molar-refractivity contribution is 0.594. The van der Waals surface area contributed by atoms with Crippen molar-refractivity contribution in [3.05, 3.63) is 35.5 Å². The van der Waals surface area contributed by atoms with Crippen LogP contribution in [0, 0.1) is 6.92 Å². The van der Waals surface area contributed by atoms with Gasteiger partial charge in [-0.25, -0.2) is 8.42 Å². The zero-order chi connectivity index (χ0) is 13.3. The van der Waals surface area contributed by atoms with E-state index < -0.39 is 9.84 Å². The quantitative estimate of drug-likeness (QED) is 0.852. The highest BCUT2D eigenvalue weighted by Gasteiger charge is 2.15. The van der Waals surface area contributed by atoms with Crippen LogP contribution >= 0.6 is 0 Å². The molecule has 4 heteroatoms. The van der Waals surface area contributed by atoms with Crippen LogP contribution in [0.2, 0.25) is 0 Å². The third-order valence-electron chi connectivity index (χ3n) is 3.33. The molecule has 0 saturated carbocycles. The van der Waals surface area contributed by atoms with E-state index >= 15 is 0 Å². The highest BCUT2D eigenvalue weighted by molar-refractivity contribution is 7.90. The normalized spacial score (nSPS) is 12.2. The smallest absolute Gasteiger partial charge is 0.155 e. The molecule has 0 aliphatic rings. The van der Waals surface area contributed by atoms with Crippen LogP contribution in [0.15, 0.2) is 24.3 Å². The van der Waals surface area contributed by atoms with E-state index in [9.17, 15) is 8.42 Å². The minimum atomic E-state index is -2.99. The van der Waals surface area contributed by atoms with Gasteiger partial charge in [0.1, 0.15) is 0 Å². The molecule has 1 heterocycles. The van der Waals surface area contributed by atoms with Crippen molar-refractivity contribution < 1.29 is 8.42 Å². The maximum Gasteiger partial charge on any atom is 0.155 e. The first-order valence-electron chi connectivity index (χ1n) is 6.26. The maximum atomic E-state index is 11.8. The van der Waals surface area contributed by atoms with Crippen molar-refractivity contribution in [2.75, 3.05) is 5.75 Å². The average molecular weight is 265 g/mol. The first kappa shape index (κ1) is 13.1. The van der Waals surface area contributed by atoms with E-state index in [-0.39, 0.29) is 11.5 Å². The molecule has 1 aromatic carbocycles. The Bertz CT molecular complexity index is 668. The molecule has 18 heavy (non-hydrogen) atoms. The summed E-state index contributed by atoms with van der Waals surface area (Å²) in [6.45, 7) is 6.60. The van der Waals surface area contributed by atoms with Crippen LogP contribution in [-0.4, -0.2) is 18.7 Å². The van der Waals surface area contributed by atoms with Crippen LogP contribution < -0.4 is 0 Å². The molecule has 1 aromatic heterocycles. The van der Waals surface area contributed by atoms with Crippen molar-refractivity contribution in [3.8, 4) is 0 Å². The zero-order valence-corrected chi connectivity index (χ0v) is 11.9. The Labute approximate surface area is 108 Å². The summed E-state index contributed by atoms with van der Waals surface area (Å²) in [4.78, 5) is 0. The Morgan fingerprint density at radius 2 is 1.94 bits per heavy atom. The molecule has 0 bridgehead atoms. The zero-order valence-electron chi connectivity index (χ0n) is 11.1. The highest BCUT2D eigenvalue weighted by Crippen LogP contribution is 2.24. The Kier molecular flexibility index (Phi) is 3.48. The van der Waals surface area contributed by atoms with Gasteiger partial charge in [0.25, 0.3) is 0 Å². The number of nitrogens with zero attached hydrogens (tertiary/aromatic N) is 1. The number of aryl methyl sites for hydroxylation is 2. The fourth-order valence-corrected chi connectivity index (χ4v) is 3.27. The predicted octanol–water partition coefficient (Wildman–Crippen LogP) is 2.90. The Hall–Kier alpha value is -1.29. The molecular formula is C14H19NO2S. The SMILES string of the molecule is CCn1c(CS(=O)(=O)CC)cc2cccc(C)c21. The summed E-state index contributed by atoms with van der Waals surface area (Å²) < 4.78 is 25.7. The van der Waals surface area contributed by atoms with E-state index in [2.05, 4.69) is 17.6 Å². The number of benzene rings is 1. The topological polar surface area (TPSA) is 39.1 Å². The molecule has 3 nitrogen and oxygen atoms in total. The van der Waals surface area contributed by atoms with E-state index in [1.165, 1.54) is 5.56 Å². The van der Waals surface area contributed by atoms with E-state index in [1.807, 2.05) is 25.1 Å². The molecule has 0 saturated heterocycles. The lowest BCUT2D eigenvalue weighted by Gasteiger charge is -2.09. The number of para-hydroxylation sites is 1.